The number of rotatable bonds is 5. The second kappa shape index (κ2) is 9.32. The van der Waals surface area contributed by atoms with Crippen LogP contribution < -0.4 is 10.6 Å². The minimum atomic E-state index is -0.356. The summed E-state index contributed by atoms with van der Waals surface area (Å²) in [5.41, 5.74) is 1.93. The number of anilines is 2. The summed E-state index contributed by atoms with van der Waals surface area (Å²) in [6, 6.07) is 10.3. The summed E-state index contributed by atoms with van der Waals surface area (Å²) in [6.07, 6.45) is 7.17. The van der Waals surface area contributed by atoms with E-state index in [-0.39, 0.29) is 6.03 Å². The van der Waals surface area contributed by atoms with E-state index >= 15 is 0 Å². The fourth-order valence-electron chi connectivity index (χ4n) is 3.83. The maximum absolute atomic E-state index is 12.4. The lowest BCUT2D eigenvalue weighted by Gasteiger charge is -2.38. The number of carbonyl (C=O) groups is 1. The van der Waals surface area contributed by atoms with Crippen LogP contribution in [0.1, 0.15) is 38.8 Å². The highest BCUT2D eigenvalue weighted by atomic mass is 32.1. The number of nitrogens with zero attached hydrogens (tertiary/aromatic N) is 4. The summed E-state index contributed by atoms with van der Waals surface area (Å²) in [5, 5.41) is 8.24. The van der Waals surface area contributed by atoms with Gasteiger partial charge in [0, 0.05) is 42.0 Å². The van der Waals surface area contributed by atoms with E-state index in [2.05, 4.69) is 44.3 Å². The summed E-state index contributed by atoms with van der Waals surface area (Å²) in [7, 11) is 0. The van der Waals surface area contributed by atoms with Crippen molar-refractivity contribution in [2.24, 2.45) is 0 Å². The topological polar surface area (TPSA) is 83.0 Å². The van der Waals surface area contributed by atoms with E-state index in [1.54, 1.807) is 18.5 Å². The Morgan fingerprint density at radius 2 is 1.80 bits per heavy atom. The molecule has 7 nitrogen and oxygen atoms in total. The Morgan fingerprint density at radius 1 is 1.07 bits per heavy atom. The molecular formula is C22H26N6OS. The van der Waals surface area contributed by atoms with Crippen LogP contribution in [0.5, 0.6) is 0 Å². The first-order valence-corrected chi connectivity index (χ1v) is 11.1. The predicted molar refractivity (Wildman–Crippen MR) is 121 cm³/mol. The van der Waals surface area contributed by atoms with Crippen molar-refractivity contribution >= 4 is 29.0 Å². The molecule has 0 spiro atoms. The second-order valence-electron chi connectivity index (χ2n) is 7.67. The number of nitrogens with one attached hydrogen (secondary N) is 2. The molecule has 2 unspecified atom stereocenters. The molecule has 0 bridgehead atoms. The Bertz CT molecular complexity index is 982. The summed E-state index contributed by atoms with van der Waals surface area (Å²) >= 11 is 1.47. The van der Waals surface area contributed by atoms with Crippen LogP contribution in [-0.2, 0) is 6.54 Å². The van der Waals surface area contributed by atoms with Crippen LogP contribution in [0.15, 0.2) is 48.1 Å². The first kappa shape index (κ1) is 20.4. The smallest absolute Gasteiger partial charge is 0.292 e. The van der Waals surface area contributed by atoms with E-state index < -0.39 is 0 Å². The Kier molecular flexibility index (Phi) is 6.35. The van der Waals surface area contributed by atoms with Gasteiger partial charge < -0.3 is 0 Å². The number of urea groups is 1. The average molecular weight is 423 g/mol. The molecule has 4 rings (SSSR count). The highest BCUT2D eigenvalue weighted by Crippen LogP contribution is 2.26. The van der Waals surface area contributed by atoms with Crippen LogP contribution in [0.25, 0.3) is 10.6 Å². The maximum atomic E-state index is 12.4. The molecule has 30 heavy (non-hydrogen) atoms. The van der Waals surface area contributed by atoms with E-state index in [4.69, 9.17) is 0 Å². The van der Waals surface area contributed by atoms with Crippen LogP contribution >= 0.6 is 11.3 Å². The van der Waals surface area contributed by atoms with Gasteiger partial charge in [0.25, 0.3) is 0 Å². The number of pyridine rings is 2. The number of amides is 2. The number of thiazole rings is 1. The molecule has 3 aromatic heterocycles. The number of aromatic nitrogens is 3. The monoisotopic (exact) mass is 422 g/mol. The average Bonchev–Trinajstić information content (AvgIpc) is 3.20. The molecule has 1 saturated heterocycles. The predicted octanol–water partition coefficient (Wildman–Crippen LogP) is 5.01. The number of hydrogen-bond donors (Lipinski definition) is 2. The lowest BCUT2D eigenvalue weighted by atomic mass is 9.97. The molecule has 1 fully saturated rings. The van der Waals surface area contributed by atoms with Gasteiger partial charge in [-0.15, -0.1) is 11.3 Å². The SMILES string of the molecule is CC1CCCC(C)N1Cc1cccc(NC(=O)Nc2csc(-c3ccncc3)n2)n1. The van der Waals surface area contributed by atoms with Crippen molar-refractivity contribution < 1.29 is 4.79 Å². The lowest BCUT2D eigenvalue weighted by molar-refractivity contribution is 0.0939. The highest BCUT2D eigenvalue weighted by molar-refractivity contribution is 7.13. The van der Waals surface area contributed by atoms with Crippen molar-refractivity contribution in [1.82, 2.24) is 19.9 Å². The zero-order valence-electron chi connectivity index (χ0n) is 17.2. The van der Waals surface area contributed by atoms with Crippen molar-refractivity contribution in [3.63, 3.8) is 0 Å². The molecular weight excluding hydrogens is 396 g/mol. The third-order valence-corrected chi connectivity index (χ3v) is 6.33. The molecule has 0 radical (unpaired) electrons. The fraction of sp³-hybridized carbons (Fsp3) is 0.364. The zero-order valence-corrected chi connectivity index (χ0v) is 18.0. The van der Waals surface area contributed by atoms with Gasteiger partial charge in [0.15, 0.2) is 0 Å². The number of carbonyl (C=O) groups excluding carboxylic acids is 1. The van der Waals surface area contributed by atoms with Gasteiger partial charge in [0.05, 0.1) is 5.69 Å². The summed E-state index contributed by atoms with van der Waals surface area (Å²) in [4.78, 5) is 28.0. The second-order valence-corrected chi connectivity index (χ2v) is 8.53. The van der Waals surface area contributed by atoms with Crippen molar-refractivity contribution in [3.8, 4) is 10.6 Å². The van der Waals surface area contributed by atoms with E-state index in [1.807, 2.05) is 29.6 Å². The lowest BCUT2D eigenvalue weighted by Crippen LogP contribution is -2.43. The Balaban J connectivity index is 1.37. The molecule has 2 N–H and O–H groups in total. The van der Waals surface area contributed by atoms with Gasteiger partial charge in [-0.25, -0.2) is 14.8 Å². The first-order valence-electron chi connectivity index (χ1n) is 10.2. The Morgan fingerprint density at radius 3 is 2.57 bits per heavy atom. The normalized spacial score (nSPS) is 19.4. The van der Waals surface area contributed by atoms with Crippen LogP contribution in [0.2, 0.25) is 0 Å². The molecule has 4 heterocycles. The highest BCUT2D eigenvalue weighted by Gasteiger charge is 2.24. The summed E-state index contributed by atoms with van der Waals surface area (Å²) in [6.45, 7) is 5.35. The van der Waals surface area contributed by atoms with Gasteiger partial charge in [-0.05, 0) is 51.0 Å². The van der Waals surface area contributed by atoms with Crippen LogP contribution in [0, 0.1) is 0 Å². The van der Waals surface area contributed by atoms with Gasteiger partial charge >= 0.3 is 6.03 Å². The fourth-order valence-corrected chi connectivity index (χ4v) is 4.59. The van der Waals surface area contributed by atoms with Crippen molar-refractivity contribution in [3.05, 3.63) is 53.8 Å². The molecule has 2 amide bonds. The number of piperidine rings is 1. The third-order valence-electron chi connectivity index (χ3n) is 5.44. The van der Waals surface area contributed by atoms with Gasteiger partial charge in [0.2, 0.25) is 0 Å². The quantitative estimate of drug-likeness (QED) is 0.604. The third kappa shape index (κ3) is 5.01. The van der Waals surface area contributed by atoms with Gasteiger partial charge in [-0.1, -0.05) is 12.5 Å². The van der Waals surface area contributed by atoms with E-state index in [1.165, 1.54) is 30.6 Å². The molecule has 2 atom stereocenters. The molecule has 0 saturated carbocycles. The van der Waals surface area contributed by atoms with Crippen molar-refractivity contribution in [2.45, 2.75) is 51.7 Å². The van der Waals surface area contributed by atoms with Gasteiger partial charge in [-0.3, -0.25) is 20.5 Å². The van der Waals surface area contributed by atoms with Crippen molar-refractivity contribution in [2.75, 3.05) is 10.6 Å². The maximum Gasteiger partial charge on any atom is 0.326 e. The minimum Gasteiger partial charge on any atom is -0.292 e. The Hall–Kier alpha value is -2.84. The summed E-state index contributed by atoms with van der Waals surface area (Å²) < 4.78 is 0. The van der Waals surface area contributed by atoms with Gasteiger partial charge in [-0.2, -0.15) is 0 Å². The standard InChI is InChI=1S/C22H26N6OS/c1-15-5-3-6-16(2)28(15)13-18-7-4-8-19(24-18)26-22(29)27-20-14-30-21(25-20)17-9-11-23-12-10-17/h4,7-12,14-16H,3,5-6,13H2,1-2H3,(H2,24,26,27,29). The van der Waals surface area contributed by atoms with Gasteiger partial charge in [0.1, 0.15) is 16.6 Å². The molecule has 8 heteroatoms. The van der Waals surface area contributed by atoms with E-state index in [0.29, 0.717) is 23.7 Å². The van der Waals surface area contributed by atoms with Crippen LogP contribution in [-0.4, -0.2) is 38.0 Å². The molecule has 1 aliphatic heterocycles. The summed E-state index contributed by atoms with van der Waals surface area (Å²) in [5.74, 6) is 1.04. The van der Waals surface area contributed by atoms with Crippen LogP contribution in [0.4, 0.5) is 16.4 Å². The zero-order chi connectivity index (χ0) is 20.9. The number of hydrogen-bond acceptors (Lipinski definition) is 6. The van der Waals surface area contributed by atoms with E-state index in [9.17, 15) is 4.79 Å². The van der Waals surface area contributed by atoms with Crippen molar-refractivity contribution in [1.29, 1.82) is 0 Å². The Labute approximate surface area is 180 Å². The molecule has 0 aliphatic carbocycles. The van der Waals surface area contributed by atoms with E-state index in [0.717, 1.165) is 22.8 Å². The molecule has 0 aromatic carbocycles. The number of likely N-dealkylation sites (tertiary alicyclic amines) is 1. The van der Waals surface area contributed by atoms with Crippen LogP contribution in [0.3, 0.4) is 0 Å². The molecule has 3 aromatic rings. The minimum absolute atomic E-state index is 0.356. The molecule has 1 aliphatic rings. The largest absolute Gasteiger partial charge is 0.326 e. The first-order chi connectivity index (χ1) is 14.6. The molecule has 156 valence electrons.